The smallest absolute Gasteiger partial charge is 0.323 e. The summed E-state index contributed by atoms with van der Waals surface area (Å²) in [5, 5.41) is 8.84. The lowest BCUT2D eigenvalue weighted by atomic mass is 10.1. The van der Waals surface area contributed by atoms with Gasteiger partial charge in [0, 0.05) is 13.7 Å². The Balaban J connectivity index is 2.64. The molecule has 0 aromatic heterocycles. The number of carbonyl (C=O) groups excluding carboxylic acids is 1. The number of ether oxygens (including phenoxy) is 2. The summed E-state index contributed by atoms with van der Waals surface area (Å²) >= 11 is 0. The van der Waals surface area contributed by atoms with Crippen molar-refractivity contribution < 1.29 is 24.2 Å². The van der Waals surface area contributed by atoms with Gasteiger partial charge in [0.2, 0.25) is 5.91 Å². The SMILES string of the molecule is CCOc1ccc(CC(=O)N(CCOC)CC(=O)O)cc1. The first-order valence-corrected chi connectivity index (χ1v) is 6.77. The normalized spacial score (nSPS) is 10.2. The molecule has 21 heavy (non-hydrogen) atoms. The summed E-state index contributed by atoms with van der Waals surface area (Å²) in [6, 6.07) is 7.20. The Labute approximate surface area is 124 Å². The summed E-state index contributed by atoms with van der Waals surface area (Å²) in [7, 11) is 1.51. The third-order valence-corrected chi connectivity index (χ3v) is 2.83. The number of nitrogens with zero attached hydrogens (tertiary/aromatic N) is 1. The Morgan fingerprint density at radius 1 is 1.24 bits per heavy atom. The van der Waals surface area contributed by atoms with Crippen molar-refractivity contribution >= 4 is 11.9 Å². The Kier molecular flexibility index (Phi) is 7.25. The maximum Gasteiger partial charge on any atom is 0.323 e. The molecule has 1 N–H and O–H groups in total. The zero-order chi connectivity index (χ0) is 15.7. The van der Waals surface area contributed by atoms with Gasteiger partial charge in [-0.15, -0.1) is 0 Å². The van der Waals surface area contributed by atoms with Crippen molar-refractivity contribution in [3.63, 3.8) is 0 Å². The fourth-order valence-electron chi connectivity index (χ4n) is 1.81. The van der Waals surface area contributed by atoms with Crippen LogP contribution in [0.25, 0.3) is 0 Å². The summed E-state index contributed by atoms with van der Waals surface area (Å²) in [4.78, 5) is 24.2. The lowest BCUT2D eigenvalue weighted by Crippen LogP contribution is -2.38. The highest BCUT2D eigenvalue weighted by Crippen LogP contribution is 2.13. The summed E-state index contributed by atoms with van der Waals surface area (Å²) in [6.45, 7) is 2.74. The Morgan fingerprint density at radius 3 is 2.43 bits per heavy atom. The molecule has 6 heteroatoms. The first-order valence-electron chi connectivity index (χ1n) is 6.77. The topological polar surface area (TPSA) is 76.1 Å². The van der Waals surface area contributed by atoms with Crippen molar-refractivity contribution in [1.82, 2.24) is 4.90 Å². The van der Waals surface area contributed by atoms with E-state index in [9.17, 15) is 9.59 Å². The number of carbonyl (C=O) groups is 2. The van der Waals surface area contributed by atoms with Gasteiger partial charge in [0.05, 0.1) is 19.6 Å². The van der Waals surface area contributed by atoms with Crippen LogP contribution >= 0.6 is 0 Å². The van der Waals surface area contributed by atoms with E-state index >= 15 is 0 Å². The first kappa shape index (κ1) is 17.0. The van der Waals surface area contributed by atoms with Crippen molar-refractivity contribution in [2.45, 2.75) is 13.3 Å². The number of hydrogen-bond donors (Lipinski definition) is 1. The molecule has 0 aliphatic heterocycles. The van der Waals surface area contributed by atoms with E-state index in [1.54, 1.807) is 24.3 Å². The van der Waals surface area contributed by atoms with E-state index in [1.165, 1.54) is 12.0 Å². The highest BCUT2D eigenvalue weighted by atomic mass is 16.5. The van der Waals surface area contributed by atoms with Gasteiger partial charge < -0.3 is 19.5 Å². The molecule has 0 saturated heterocycles. The molecule has 0 bridgehead atoms. The molecular formula is C15H21NO5. The fraction of sp³-hybridized carbons (Fsp3) is 0.467. The van der Waals surface area contributed by atoms with Crippen LogP contribution in [0.4, 0.5) is 0 Å². The molecule has 0 heterocycles. The number of benzene rings is 1. The van der Waals surface area contributed by atoms with E-state index in [2.05, 4.69) is 0 Å². The molecule has 0 aliphatic carbocycles. The number of rotatable bonds is 9. The van der Waals surface area contributed by atoms with Crippen molar-refractivity contribution in [2.75, 3.05) is 33.4 Å². The third-order valence-electron chi connectivity index (χ3n) is 2.83. The standard InChI is InChI=1S/C15H21NO5/c1-3-21-13-6-4-12(5-7-13)10-14(17)16(8-9-20-2)11-15(18)19/h4-7H,3,8-11H2,1-2H3,(H,18,19). The number of carboxylic acids is 1. The molecule has 0 saturated carbocycles. The highest BCUT2D eigenvalue weighted by molar-refractivity contribution is 5.83. The average molecular weight is 295 g/mol. The number of amides is 1. The maximum absolute atomic E-state index is 12.1. The van der Waals surface area contributed by atoms with Crippen LogP contribution in [0.1, 0.15) is 12.5 Å². The molecule has 0 spiro atoms. The lowest BCUT2D eigenvalue weighted by molar-refractivity contribution is -0.144. The molecule has 1 amide bonds. The summed E-state index contributed by atoms with van der Waals surface area (Å²) < 4.78 is 10.2. The Hall–Kier alpha value is -2.08. The van der Waals surface area contributed by atoms with Crippen molar-refractivity contribution in [1.29, 1.82) is 0 Å². The second kappa shape index (κ2) is 8.97. The molecule has 6 nitrogen and oxygen atoms in total. The van der Waals surface area contributed by atoms with Gasteiger partial charge in [0.15, 0.2) is 0 Å². The van der Waals surface area contributed by atoms with Gasteiger partial charge in [-0.25, -0.2) is 0 Å². The molecule has 1 rings (SSSR count). The van der Waals surface area contributed by atoms with Gasteiger partial charge in [-0.2, -0.15) is 0 Å². The number of carboxylic acid groups (broad SMARTS) is 1. The van der Waals surface area contributed by atoms with E-state index in [0.29, 0.717) is 13.2 Å². The monoisotopic (exact) mass is 295 g/mol. The quantitative estimate of drug-likeness (QED) is 0.740. The lowest BCUT2D eigenvalue weighted by Gasteiger charge is -2.20. The van der Waals surface area contributed by atoms with Gasteiger partial charge in [-0.3, -0.25) is 9.59 Å². The zero-order valence-corrected chi connectivity index (χ0v) is 12.4. The van der Waals surface area contributed by atoms with E-state index in [1.807, 2.05) is 6.92 Å². The molecule has 0 unspecified atom stereocenters. The minimum atomic E-state index is -1.04. The summed E-state index contributed by atoms with van der Waals surface area (Å²) in [6.07, 6.45) is 0.156. The Bertz CT molecular complexity index is 458. The van der Waals surface area contributed by atoms with E-state index in [-0.39, 0.29) is 25.4 Å². The largest absolute Gasteiger partial charge is 0.494 e. The van der Waals surface area contributed by atoms with Crippen LogP contribution in [-0.4, -0.2) is 55.3 Å². The molecule has 0 fully saturated rings. The zero-order valence-electron chi connectivity index (χ0n) is 12.4. The van der Waals surface area contributed by atoms with Crippen LogP contribution in [0.5, 0.6) is 5.75 Å². The predicted molar refractivity (Wildman–Crippen MR) is 77.4 cm³/mol. The van der Waals surface area contributed by atoms with E-state index in [4.69, 9.17) is 14.6 Å². The maximum atomic E-state index is 12.1. The predicted octanol–water partition coefficient (Wildman–Crippen LogP) is 1.19. The average Bonchev–Trinajstić information content (AvgIpc) is 2.45. The second-order valence-electron chi connectivity index (χ2n) is 4.46. The first-order chi connectivity index (χ1) is 10.1. The number of hydrogen-bond acceptors (Lipinski definition) is 4. The van der Waals surface area contributed by atoms with Gasteiger partial charge in [-0.1, -0.05) is 12.1 Å². The summed E-state index contributed by atoms with van der Waals surface area (Å²) in [5.74, 6) is -0.528. The number of methoxy groups -OCH3 is 1. The number of aliphatic carboxylic acids is 1. The summed E-state index contributed by atoms with van der Waals surface area (Å²) in [5.41, 5.74) is 0.816. The van der Waals surface area contributed by atoms with E-state index in [0.717, 1.165) is 11.3 Å². The van der Waals surface area contributed by atoms with Gasteiger partial charge >= 0.3 is 5.97 Å². The third kappa shape index (κ3) is 6.27. The molecule has 116 valence electrons. The minimum absolute atomic E-state index is 0.156. The van der Waals surface area contributed by atoms with Crippen LogP contribution in [0.2, 0.25) is 0 Å². The van der Waals surface area contributed by atoms with Crippen LogP contribution in [-0.2, 0) is 20.7 Å². The van der Waals surface area contributed by atoms with Crippen molar-refractivity contribution in [2.24, 2.45) is 0 Å². The van der Waals surface area contributed by atoms with E-state index < -0.39 is 5.97 Å². The van der Waals surface area contributed by atoms with Crippen LogP contribution < -0.4 is 4.74 Å². The van der Waals surface area contributed by atoms with Gasteiger partial charge in [0.1, 0.15) is 12.3 Å². The van der Waals surface area contributed by atoms with Crippen LogP contribution in [0, 0.1) is 0 Å². The minimum Gasteiger partial charge on any atom is -0.494 e. The molecule has 0 radical (unpaired) electrons. The molecule has 0 aliphatic rings. The van der Waals surface area contributed by atoms with Gasteiger partial charge in [0.25, 0.3) is 0 Å². The molecular weight excluding hydrogens is 274 g/mol. The second-order valence-corrected chi connectivity index (χ2v) is 4.46. The van der Waals surface area contributed by atoms with Crippen molar-refractivity contribution in [3.05, 3.63) is 29.8 Å². The fourth-order valence-corrected chi connectivity index (χ4v) is 1.81. The van der Waals surface area contributed by atoms with Gasteiger partial charge in [-0.05, 0) is 24.6 Å². The highest BCUT2D eigenvalue weighted by Gasteiger charge is 2.16. The molecule has 1 aromatic carbocycles. The molecule has 0 atom stereocenters. The molecule has 1 aromatic rings. The van der Waals surface area contributed by atoms with Crippen molar-refractivity contribution in [3.8, 4) is 5.75 Å². The Morgan fingerprint density at radius 2 is 1.90 bits per heavy atom. The van der Waals surface area contributed by atoms with Crippen LogP contribution in [0.15, 0.2) is 24.3 Å². The van der Waals surface area contributed by atoms with Crippen LogP contribution in [0.3, 0.4) is 0 Å².